The van der Waals surface area contributed by atoms with Gasteiger partial charge in [-0.25, -0.2) is 0 Å². The molecule has 1 aromatic heterocycles. The first-order valence-corrected chi connectivity index (χ1v) is 11.8. The molecule has 1 aliphatic heterocycles. The van der Waals surface area contributed by atoms with Gasteiger partial charge < -0.3 is 0 Å². The lowest BCUT2D eigenvalue weighted by atomic mass is 9.77. The van der Waals surface area contributed by atoms with Crippen molar-refractivity contribution in [2.75, 3.05) is 0 Å². The molecule has 0 aliphatic carbocycles. The Morgan fingerprint density at radius 1 is 0.622 bits per heavy atom. The summed E-state index contributed by atoms with van der Waals surface area (Å²) in [5.74, 6) is -0.802. The number of tetrazole rings is 1. The van der Waals surface area contributed by atoms with E-state index < -0.39 is 17.4 Å². The third kappa shape index (κ3) is 3.71. The Balaban J connectivity index is 1.40. The van der Waals surface area contributed by atoms with Gasteiger partial charge in [0.2, 0.25) is 5.82 Å². The fraction of sp³-hybridized carbons (Fsp3) is 0.0690. The number of fused-ring (bicyclic) bond motifs is 1. The Kier molecular flexibility index (Phi) is 5.63. The smallest absolute Gasteiger partial charge is 0.266 e. The lowest BCUT2D eigenvalue weighted by molar-refractivity contribution is -0.103. The topological polar surface area (TPSA) is 90.2 Å². The fourth-order valence-corrected chi connectivity index (χ4v) is 4.73. The molecule has 0 spiro atoms. The first kappa shape index (κ1) is 22.5. The number of benzene rings is 4. The van der Waals surface area contributed by atoms with Crippen LogP contribution in [0.2, 0.25) is 0 Å². The maximum Gasteiger partial charge on any atom is 0.285 e. The molecule has 0 N–H and O–H groups in total. The van der Waals surface area contributed by atoms with Crippen molar-refractivity contribution in [3.8, 4) is 0 Å². The third-order valence-corrected chi connectivity index (χ3v) is 6.41. The number of carbonyl (C=O) groups is 2. The van der Waals surface area contributed by atoms with Gasteiger partial charge in [0, 0.05) is 0 Å². The van der Waals surface area contributed by atoms with E-state index in [9.17, 15) is 9.59 Å². The summed E-state index contributed by atoms with van der Waals surface area (Å²) in [7, 11) is 0. The monoisotopic (exact) mass is 487 g/mol. The van der Waals surface area contributed by atoms with E-state index in [2.05, 4.69) is 10.3 Å². The molecule has 5 aromatic rings. The molecular formula is C29H21N5O3. The molecule has 0 saturated carbocycles. The molecule has 0 atom stereocenters. The second-order valence-electron chi connectivity index (χ2n) is 8.53. The molecule has 2 heterocycles. The molecule has 8 nitrogen and oxygen atoms in total. The molecule has 0 bridgehead atoms. The quantitative estimate of drug-likeness (QED) is 0.252. The first-order valence-electron chi connectivity index (χ1n) is 11.8. The first-order chi connectivity index (χ1) is 18.2. The predicted molar refractivity (Wildman–Crippen MR) is 134 cm³/mol. The Hall–Kier alpha value is -4.95. The van der Waals surface area contributed by atoms with Crippen molar-refractivity contribution >= 4 is 11.8 Å². The van der Waals surface area contributed by atoms with Crippen LogP contribution in [0.15, 0.2) is 115 Å². The Morgan fingerprint density at radius 2 is 1.05 bits per heavy atom. The van der Waals surface area contributed by atoms with Crippen LogP contribution >= 0.6 is 0 Å². The highest BCUT2D eigenvalue weighted by Gasteiger charge is 2.41. The van der Waals surface area contributed by atoms with E-state index >= 15 is 0 Å². The van der Waals surface area contributed by atoms with E-state index in [0.29, 0.717) is 11.1 Å². The molecular weight excluding hydrogens is 466 g/mol. The molecule has 180 valence electrons. The third-order valence-electron chi connectivity index (χ3n) is 6.41. The van der Waals surface area contributed by atoms with Crippen molar-refractivity contribution in [3.63, 3.8) is 0 Å². The van der Waals surface area contributed by atoms with Gasteiger partial charge in [-0.2, -0.15) is 0 Å². The van der Waals surface area contributed by atoms with E-state index in [0.717, 1.165) is 21.8 Å². The largest absolute Gasteiger partial charge is 0.285 e. The van der Waals surface area contributed by atoms with E-state index in [1.165, 1.54) is 0 Å². The summed E-state index contributed by atoms with van der Waals surface area (Å²) in [4.78, 5) is 32.5. The van der Waals surface area contributed by atoms with Gasteiger partial charge in [-0.05, 0) is 34.0 Å². The molecule has 0 fully saturated rings. The van der Waals surface area contributed by atoms with Gasteiger partial charge in [0.05, 0.1) is 11.1 Å². The van der Waals surface area contributed by atoms with E-state index in [1.807, 2.05) is 91.0 Å². The zero-order chi connectivity index (χ0) is 25.2. The summed E-state index contributed by atoms with van der Waals surface area (Å²) in [6.07, 6.45) is 0. The van der Waals surface area contributed by atoms with Crippen LogP contribution in [0.3, 0.4) is 0 Å². The van der Waals surface area contributed by atoms with Gasteiger partial charge in [-0.15, -0.1) is 20.1 Å². The van der Waals surface area contributed by atoms with Crippen LogP contribution in [0.4, 0.5) is 0 Å². The van der Waals surface area contributed by atoms with Gasteiger partial charge >= 0.3 is 0 Å². The standard InChI is InChI=1S/C29H21N5O3/c35-27-24-18-10-11-19-25(24)28(36)33(27)37-20-26-30-32-34(31-26)29(21-12-4-1-5-13-21,22-14-6-2-7-15-22)23-16-8-3-9-17-23/h1-19H,20H2. The summed E-state index contributed by atoms with van der Waals surface area (Å²) in [6.45, 7) is -0.208. The highest BCUT2D eigenvalue weighted by molar-refractivity contribution is 6.20. The molecule has 1 aliphatic rings. The van der Waals surface area contributed by atoms with Gasteiger partial charge in [0.1, 0.15) is 6.61 Å². The number of hydroxylamine groups is 2. The average Bonchev–Trinajstić information content (AvgIpc) is 3.53. The van der Waals surface area contributed by atoms with Crippen molar-refractivity contribution in [3.05, 3.63) is 149 Å². The van der Waals surface area contributed by atoms with E-state index in [4.69, 9.17) is 9.94 Å². The van der Waals surface area contributed by atoms with Crippen LogP contribution in [0.1, 0.15) is 43.2 Å². The van der Waals surface area contributed by atoms with Crippen molar-refractivity contribution in [1.29, 1.82) is 0 Å². The van der Waals surface area contributed by atoms with Crippen LogP contribution in [-0.2, 0) is 17.0 Å². The van der Waals surface area contributed by atoms with E-state index in [-0.39, 0.29) is 12.4 Å². The molecule has 0 radical (unpaired) electrons. The van der Waals surface area contributed by atoms with Gasteiger partial charge in [0.25, 0.3) is 11.8 Å². The molecule has 6 rings (SSSR count). The van der Waals surface area contributed by atoms with Crippen molar-refractivity contribution in [1.82, 2.24) is 25.3 Å². The summed E-state index contributed by atoms with van der Waals surface area (Å²) in [6, 6.07) is 36.5. The number of aromatic nitrogens is 4. The van der Waals surface area contributed by atoms with Crippen LogP contribution in [0.25, 0.3) is 0 Å². The minimum absolute atomic E-state index is 0.208. The normalized spacial score (nSPS) is 13.1. The minimum Gasteiger partial charge on any atom is -0.266 e. The summed E-state index contributed by atoms with van der Waals surface area (Å²) >= 11 is 0. The predicted octanol–water partition coefficient (Wildman–Crippen LogP) is 4.24. The zero-order valence-electron chi connectivity index (χ0n) is 19.6. The van der Waals surface area contributed by atoms with Crippen LogP contribution in [-0.4, -0.2) is 37.1 Å². The Bertz CT molecular complexity index is 1440. The van der Waals surface area contributed by atoms with Crippen molar-refractivity contribution < 1.29 is 14.4 Å². The average molecular weight is 488 g/mol. The van der Waals surface area contributed by atoms with Crippen molar-refractivity contribution in [2.45, 2.75) is 12.1 Å². The second kappa shape index (κ2) is 9.25. The van der Waals surface area contributed by atoms with E-state index in [1.54, 1.807) is 29.1 Å². The summed E-state index contributed by atoms with van der Waals surface area (Å²) in [5.41, 5.74) is 2.51. The molecule has 2 amide bonds. The number of imide groups is 1. The molecule has 0 unspecified atom stereocenters. The second-order valence-corrected chi connectivity index (χ2v) is 8.53. The Labute approximate surface area is 212 Å². The maximum atomic E-state index is 12.7. The molecule has 4 aromatic carbocycles. The van der Waals surface area contributed by atoms with Gasteiger partial charge in [-0.3, -0.25) is 14.4 Å². The zero-order valence-corrected chi connectivity index (χ0v) is 19.6. The minimum atomic E-state index is -0.926. The fourth-order valence-electron chi connectivity index (χ4n) is 4.73. The molecule has 0 saturated heterocycles. The lowest BCUT2D eigenvalue weighted by Gasteiger charge is -2.34. The van der Waals surface area contributed by atoms with Gasteiger partial charge in [0.15, 0.2) is 5.54 Å². The Morgan fingerprint density at radius 3 is 1.51 bits per heavy atom. The summed E-state index contributed by atoms with van der Waals surface area (Å²) < 4.78 is 0. The number of amides is 2. The van der Waals surface area contributed by atoms with Crippen molar-refractivity contribution in [2.24, 2.45) is 0 Å². The van der Waals surface area contributed by atoms with Crippen LogP contribution in [0, 0.1) is 0 Å². The number of hydrogen-bond donors (Lipinski definition) is 0. The van der Waals surface area contributed by atoms with Crippen LogP contribution in [0.5, 0.6) is 0 Å². The highest BCUT2D eigenvalue weighted by Crippen LogP contribution is 2.39. The SMILES string of the molecule is O=C1c2ccccc2C(=O)N1OCc1nnn(C(c2ccccc2)(c2ccccc2)c2ccccc2)n1. The molecule has 37 heavy (non-hydrogen) atoms. The van der Waals surface area contributed by atoms with Gasteiger partial charge in [-0.1, -0.05) is 103 Å². The molecule has 8 heteroatoms. The number of nitrogens with zero attached hydrogens (tertiary/aromatic N) is 5. The lowest BCUT2D eigenvalue weighted by Crippen LogP contribution is -2.39. The summed E-state index contributed by atoms with van der Waals surface area (Å²) in [5, 5.41) is 14.1. The number of carbonyl (C=O) groups excluding carboxylic acids is 2. The highest BCUT2D eigenvalue weighted by atomic mass is 16.7. The maximum absolute atomic E-state index is 12.7. The number of rotatable bonds is 7. The number of hydrogen-bond acceptors (Lipinski definition) is 6. The van der Waals surface area contributed by atoms with Crippen LogP contribution < -0.4 is 0 Å².